The van der Waals surface area contributed by atoms with Crippen LogP contribution in [-0.2, 0) is 9.47 Å². The maximum atomic E-state index is 5.62. The minimum atomic E-state index is -1.54. The Morgan fingerprint density at radius 2 is 1.41 bits per heavy atom. The SMILES string of the molecule is COC[Si](COC)(C1CCCCC1)C(C)(C)C. The van der Waals surface area contributed by atoms with Crippen LogP contribution in [0.25, 0.3) is 0 Å². The Morgan fingerprint density at radius 1 is 0.941 bits per heavy atom. The van der Waals surface area contributed by atoms with Crippen molar-refractivity contribution in [2.45, 2.75) is 63.5 Å². The highest BCUT2D eigenvalue weighted by Gasteiger charge is 2.50. The largest absolute Gasteiger partial charge is 0.388 e. The van der Waals surface area contributed by atoms with Gasteiger partial charge >= 0.3 is 0 Å². The molecule has 2 nitrogen and oxygen atoms in total. The van der Waals surface area contributed by atoms with Gasteiger partial charge in [0.1, 0.15) is 8.07 Å². The molecule has 0 spiro atoms. The van der Waals surface area contributed by atoms with Gasteiger partial charge in [0.25, 0.3) is 0 Å². The number of methoxy groups -OCH3 is 2. The van der Waals surface area contributed by atoms with Crippen LogP contribution in [0, 0.1) is 0 Å². The molecule has 0 saturated heterocycles. The predicted molar refractivity (Wildman–Crippen MR) is 76.1 cm³/mol. The molecule has 0 aromatic carbocycles. The molecule has 1 saturated carbocycles. The summed E-state index contributed by atoms with van der Waals surface area (Å²) in [6.07, 6.45) is 8.94. The van der Waals surface area contributed by atoms with Gasteiger partial charge in [-0.2, -0.15) is 0 Å². The van der Waals surface area contributed by atoms with Crippen molar-refractivity contribution in [2.24, 2.45) is 0 Å². The molecule has 102 valence electrons. The molecule has 1 aliphatic rings. The lowest BCUT2D eigenvalue weighted by molar-refractivity contribution is 0.203. The van der Waals surface area contributed by atoms with Crippen molar-refractivity contribution in [1.82, 2.24) is 0 Å². The zero-order valence-electron chi connectivity index (χ0n) is 12.3. The molecular weight excluding hydrogens is 228 g/mol. The minimum absolute atomic E-state index is 0.362. The van der Waals surface area contributed by atoms with E-state index in [9.17, 15) is 0 Å². The maximum Gasteiger partial charge on any atom is 0.121 e. The molecule has 0 radical (unpaired) electrons. The van der Waals surface area contributed by atoms with Crippen molar-refractivity contribution in [3.05, 3.63) is 0 Å². The molecule has 0 aliphatic heterocycles. The van der Waals surface area contributed by atoms with Crippen LogP contribution in [0.1, 0.15) is 52.9 Å². The van der Waals surface area contributed by atoms with Gasteiger partial charge < -0.3 is 9.47 Å². The summed E-state index contributed by atoms with van der Waals surface area (Å²) in [5.41, 5.74) is 0.885. The molecular formula is C14H30O2Si. The van der Waals surface area contributed by atoms with Crippen LogP contribution in [0.15, 0.2) is 0 Å². The molecule has 1 rings (SSSR count). The number of rotatable bonds is 5. The van der Waals surface area contributed by atoms with Crippen molar-refractivity contribution < 1.29 is 9.47 Å². The third-order valence-electron chi connectivity index (χ3n) is 4.68. The molecule has 0 amide bonds. The molecule has 17 heavy (non-hydrogen) atoms. The Morgan fingerprint density at radius 3 is 1.76 bits per heavy atom. The monoisotopic (exact) mass is 258 g/mol. The van der Waals surface area contributed by atoms with E-state index in [1.807, 2.05) is 14.2 Å². The summed E-state index contributed by atoms with van der Waals surface area (Å²) in [5, 5.41) is 0.362. The fourth-order valence-corrected chi connectivity index (χ4v) is 8.68. The van der Waals surface area contributed by atoms with Crippen molar-refractivity contribution in [2.75, 3.05) is 26.7 Å². The van der Waals surface area contributed by atoms with E-state index in [0.29, 0.717) is 5.04 Å². The number of hydrogen-bond acceptors (Lipinski definition) is 2. The van der Waals surface area contributed by atoms with Gasteiger partial charge in [-0.05, 0) is 10.6 Å². The molecule has 1 fully saturated rings. The Labute approximate surface area is 108 Å². The zero-order valence-corrected chi connectivity index (χ0v) is 13.3. The molecule has 0 N–H and O–H groups in total. The van der Waals surface area contributed by atoms with Gasteiger partial charge in [-0.1, -0.05) is 52.9 Å². The van der Waals surface area contributed by atoms with Gasteiger partial charge in [-0.25, -0.2) is 0 Å². The fourth-order valence-electron chi connectivity index (χ4n) is 3.49. The van der Waals surface area contributed by atoms with Gasteiger partial charge in [0.05, 0.1) is 0 Å². The van der Waals surface area contributed by atoms with Gasteiger partial charge in [0.15, 0.2) is 0 Å². The number of ether oxygens (including phenoxy) is 2. The van der Waals surface area contributed by atoms with Crippen LogP contribution >= 0.6 is 0 Å². The van der Waals surface area contributed by atoms with E-state index in [1.54, 1.807) is 0 Å². The standard InChI is InChI=1S/C14H30O2Si/c1-14(2,3)17(11-15-4,12-16-5)13-9-7-6-8-10-13/h13H,6-12H2,1-5H3. The van der Waals surface area contributed by atoms with E-state index >= 15 is 0 Å². The first kappa shape index (κ1) is 15.2. The molecule has 0 aromatic heterocycles. The normalized spacial score (nSPS) is 19.6. The smallest absolute Gasteiger partial charge is 0.121 e. The summed E-state index contributed by atoms with van der Waals surface area (Å²) in [4.78, 5) is 0. The van der Waals surface area contributed by atoms with Crippen LogP contribution in [0.3, 0.4) is 0 Å². The minimum Gasteiger partial charge on any atom is -0.388 e. The van der Waals surface area contributed by atoms with Crippen LogP contribution < -0.4 is 0 Å². The van der Waals surface area contributed by atoms with Crippen LogP contribution in [0.4, 0.5) is 0 Å². The first-order chi connectivity index (χ1) is 7.98. The molecule has 0 heterocycles. The topological polar surface area (TPSA) is 18.5 Å². The molecule has 1 aliphatic carbocycles. The highest BCUT2D eigenvalue weighted by Crippen LogP contribution is 2.49. The molecule has 0 aromatic rings. The third kappa shape index (κ3) is 3.33. The van der Waals surface area contributed by atoms with Gasteiger partial charge in [0, 0.05) is 26.7 Å². The van der Waals surface area contributed by atoms with Gasteiger partial charge in [-0.3, -0.25) is 0 Å². The Balaban J connectivity index is 2.94. The lowest BCUT2D eigenvalue weighted by Crippen LogP contribution is -2.57. The van der Waals surface area contributed by atoms with E-state index in [-0.39, 0.29) is 0 Å². The molecule has 0 bridgehead atoms. The van der Waals surface area contributed by atoms with Crippen LogP contribution in [-0.4, -0.2) is 34.8 Å². The first-order valence-corrected chi connectivity index (χ1v) is 9.45. The van der Waals surface area contributed by atoms with E-state index < -0.39 is 8.07 Å². The maximum absolute atomic E-state index is 5.62. The molecule has 0 atom stereocenters. The summed E-state index contributed by atoms with van der Waals surface area (Å²) in [5.74, 6) is 0. The van der Waals surface area contributed by atoms with Crippen LogP contribution in [0.2, 0.25) is 10.6 Å². The Bertz CT molecular complexity index is 211. The third-order valence-corrected chi connectivity index (χ3v) is 11.4. The van der Waals surface area contributed by atoms with Crippen LogP contribution in [0.5, 0.6) is 0 Å². The lowest BCUT2D eigenvalue weighted by Gasteiger charge is -2.48. The van der Waals surface area contributed by atoms with Crippen molar-refractivity contribution in [1.29, 1.82) is 0 Å². The summed E-state index contributed by atoms with van der Waals surface area (Å²) in [6, 6.07) is 0. The molecule has 0 unspecified atom stereocenters. The first-order valence-electron chi connectivity index (χ1n) is 6.96. The van der Waals surface area contributed by atoms with Gasteiger partial charge in [-0.15, -0.1) is 0 Å². The summed E-state index contributed by atoms with van der Waals surface area (Å²) in [6.45, 7) is 7.18. The van der Waals surface area contributed by atoms with Crippen molar-refractivity contribution >= 4 is 8.07 Å². The quantitative estimate of drug-likeness (QED) is 0.695. The summed E-state index contributed by atoms with van der Waals surface area (Å²) in [7, 11) is 2.17. The van der Waals surface area contributed by atoms with Crippen molar-refractivity contribution in [3.8, 4) is 0 Å². The van der Waals surface area contributed by atoms with Gasteiger partial charge in [0.2, 0.25) is 0 Å². The number of hydrogen-bond donors (Lipinski definition) is 0. The highest BCUT2D eigenvalue weighted by atomic mass is 28.3. The fraction of sp³-hybridized carbons (Fsp3) is 1.00. The second-order valence-corrected chi connectivity index (χ2v) is 11.8. The highest BCUT2D eigenvalue weighted by molar-refractivity contribution is 6.83. The lowest BCUT2D eigenvalue weighted by atomic mass is 10.0. The zero-order chi connectivity index (χ0) is 12.9. The Kier molecular flexibility index (Phi) is 5.67. The average molecular weight is 258 g/mol. The van der Waals surface area contributed by atoms with Crippen molar-refractivity contribution in [3.63, 3.8) is 0 Å². The van der Waals surface area contributed by atoms with E-state index in [0.717, 1.165) is 18.0 Å². The molecule has 3 heteroatoms. The predicted octanol–water partition coefficient (Wildman–Crippen LogP) is 3.94. The average Bonchev–Trinajstić information content (AvgIpc) is 2.28. The van der Waals surface area contributed by atoms with E-state index in [1.165, 1.54) is 32.1 Å². The second kappa shape index (κ2) is 6.35. The summed E-state index contributed by atoms with van der Waals surface area (Å²) >= 11 is 0. The van der Waals surface area contributed by atoms with E-state index in [4.69, 9.17) is 9.47 Å². The van der Waals surface area contributed by atoms with E-state index in [2.05, 4.69) is 20.8 Å². The summed E-state index contributed by atoms with van der Waals surface area (Å²) < 4.78 is 11.2. The second-order valence-electron chi connectivity index (χ2n) is 6.61. The Hall–Kier alpha value is 0.137.